The van der Waals surface area contributed by atoms with Crippen LogP contribution in [0.4, 0.5) is 4.79 Å². The van der Waals surface area contributed by atoms with E-state index in [0.29, 0.717) is 6.42 Å². The van der Waals surface area contributed by atoms with Crippen LogP contribution in [0.1, 0.15) is 25.7 Å². The van der Waals surface area contributed by atoms with Gasteiger partial charge in [0.25, 0.3) is 0 Å². The molecule has 5 nitrogen and oxygen atoms in total. The van der Waals surface area contributed by atoms with E-state index in [1.807, 2.05) is 12.2 Å². The van der Waals surface area contributed by atoms with E-state index in [4.69, 9.17) is 9.47 Å². The average Bonchev–Trinajstić information content (AvgIpc) is 2.25. The van der Waals surface area contributed by atoms with Crippen LogP contribution in [0.3, 0.4) is 0 Å². The van der Waals surface area contributed by atoms with Gasteiger partial charge in [-0.3, -0.25) is 0 Å². The number of rotatable bonds is 5. The Labute approximate surface area is 102 Å². The molecule has 0 aliphatic heterocycles. The molecular weight excluding hydrogens is 244 g/mol. The van der Waals surface area contributed by atoms with Crippen LogP contribution in [-0.4, -0.2) is 39.3 Å². The monoisotopic (exact) mass is 262 g/mol. The Hall–Kier alpha value is -1.04. The first-order valence-corrected chi connectivity index (χ1v) is 7.71. The maximum Gasteiger partial charge on any atom is 0.508 e. The smallest absolute Gasteiger partial charge is 0.434 e. The molecular formula is C11H18O5S. The van der Waals surface area contributed by atoms with Crippen LogP contribution in [0.5, 0.6) is 0 Å². The molecule has 0 saturated carbocycles. The van der Waals surface area contributed by atoms with Crippen molar-refractivity contribution in [2.75, 3.05) is 18.6 Å². The third-order valence-corrected chi connectivity index (χ3v) is 3.37. The van der Waals surface area contributed by atoms with E-state index in [0.717, 1.165) is 25.5 Å². The van der Waals surface area contributed by atoms with Crippen LogP contribution in [0.15, 0.2) is 12.2 Å². The number of carbonyl (C=O) groups excluding carboxylic acids is 1. The van der Waals surface area contributed by atoms with Gasteiger partial charge in [-0.05, 0) is 31.8 Å². The number of hydrogen-bond donors (Lipinski definition) is 0. The molecule has 0 saturated heterocycles. The molecule has 0 bridgehead atoms. The number of ether oxygens (including phenoxy) is 2. The van der Waals surface area contributed by atoms with Gasteiger partial charge in [-0.25, -0.2) is 13.2 Å². The molecule has 17 heavy (non-hydrogen) atoms. The highest BCUT2D eigenvalue weighted by atomic mass is 32.2. The fraction of sp³-hybridized carbons (Fsp3) is 0.727. The minimum atomic E-state index is -2.99. The second-order valence-electron chi connectivity index (χ2n) is 4.10. The summed E-state index contributed by atoms with van der Waals surface area (Å²) in [4.78, 5) is 11.2. The van der Waals surface area contributed by atoms with E-state index in [1.165, 1.54) is 0 Å². The number of sulfone groups is 1. The summed E-state index contributed by atoms with van der Waals surface area (Å²) in [5, 5.41) is 0. The summed E-state index contributed by atoms with van der Waals surface area (Å²) in [7, 11) is -2.99. The topological polar surface area (TPSA) is 69.7 Å². The first kappa shape index (κ1) is 14.0. The van der Waals surface area contributed by atoms with Gasteiger partial charge in [0, 0.05) is 6.26 Å². The lowest BCUT2D eigenvalue weighted by Gasteiger charge is -2.16. The van der Waals surface area contributed by atoms with Gasteiger partial charge in [-0.1, -0.05) is 6.08 Å². The summed E-state index contributed by atoms with van der Waals surface area (Å²) in [5.41, 5.74) is 0. The third kappa shape index (κ3) is 6.99. The number of carbonyl (C=O) groups is 1. The van der Waals surface area contributed by atoms with Crippen LogP contribution in [-0.2, 0) is 19.3 Å². The maximum absolute atomic E-state index is 11.2. The summed E-state index contributed by atoms with van der Waals surface area (Å²) in [6.45, 7) is 0.0718. The molecule has 1 aliphatic carbocycles. The number of hydrogen-bond acceptors (Lipinski definition) is 5. The van der Waals surface area contributed by atoms with E-state index in [9.17, 15) is 13.2 Å². The Morgan fingerprint density at radius 2 is 2.24 bits per heavy atom. The number of allylic oxidation sites excluding steroid dienone is 1. The minimum absolute atomic E-state index is 0.0175. The van der Waals surface area contributed by atoms with Crippen molar-refractivity contribution in [2.24, 2.45) is 0 Å². The van der Waals surface area contributed by atoms with Crippen molar-refractivity contribution in [3.63, 3.8) is 0 Å². The van der Waals surface area contributed by atoms with E-state index in [1.54, 1.807) is 0 Å². The Balaban J connectivity index is 2.13. The SMILES string of the molecule is CS(=O)(=O)CCCOC(=O)OC1C=CCCC1. The summed E-state index contributed by atoms with van der Waals surface area (Å²) in [6, 6.07) is 0. The van der Waals surface area contributed by atoms with Crippen molar-refractivity contribution in [1.82, 2.24) is 0 Å². The van der Waals surface area contributed by atoms with Crippen LogP contribution in [0.25, 0.3) is 0 Å². The second-order valence-corrected chi connectivity index (χ2v) is 6.36. The van der Waals surface area contributed by atoms with Crippen molar-refractivity contribution < 1.29 is 22.7 Å². The predicted molar refractivity (Wildman–Crippen MR) is 63.5 cm³/mol. The summed E-state index contributed by atoms with van der Waals surface area (Å²) < 4.78 is 31.4. The molecule has 0 aromatic carbocycles. The second kappa shape index (κ2) is 6.64. The molecule has 1 aliphatic rings. The molecule has 98 valence electrons. The van der Waals surface area contributed by atoms with Crippen molar-refractivity contribution in [1.29, 1.82) is 0 Å². The van der Waals surface area contributed by atoms with E-state index in [2.05, 4.69) is 0 Å². The highest BCUT2D eigenvalue weighted by molar-refractivity contribution is 7.90. The Morgan fingerprint density at radius 1 is 1.47 bits per heavy atom. The molecule has 0 heterocycles. The molecule has 1 rings (SSSR count). The molecule has 1 unspecified atom stereocenters. The van der Waals surface area contributed by atoms with Gasteiger partial charge >= 0.3 is 6.16 Å². The van der Waals surface area contributed by atoms with Crippen molar-refractivity contribution >= 4 is 16.0 Å². The van der Waals surface area contributed by atoms with Crippen LogP contribution >= 0.6 is 0 Å². The van der Waals surface area contributed by atoms with Gasteiger partial charge in [0.1, 0.15) is 15.9 Å². The van der Waals surface area contributed by atoms with E-state index < -0.39 is 16.0 Å². The lowest BCUT2D eigenvalue weighted by atomic mass is 10.1. The zero-order valence-corrected chi connectivity index (χ0v) is 10.7. The molecule has 1 atom stereocenters. The summed E-state index contributed by atoms with van der Waals surface area (Å²) in [6.07, 6.45) is 7.18. The lowest BCUT2D eigenvalue weighted by Crippen LogP contribution is -2.19. The Morgan fingerprint density at radius 3 is 2.82 bits per heavy atom. The molecule has 0 spiro atoms. The highest BCUT2D eigenvalue weighted by Gasteiger charge is 2.14. The quantitative estimate of drug-likeness (QED) is 0.428. The first-order valence-electron chi connectivity index (χ1n) is 5.65. The van der Waals surface area contributed by atoms with Gasteiger partial charge < -0.3 is 9.47 Å². The maximum atomic E-state index is 11.2. The molecule has 0 N–H and O–H groups in total. The predicted octanol–water partition coefficient (Wildman–Crippen LogP) is 1.68. The van der Waals surface area contributed by atoms with Gasteiger partial charge in [0.2, 0.25) is 0 Å². The van der Waals surface area contributed by atoms with Gasteiger partial charge in [0.05, 0.1) is 12.4 Å². The minimum Gasteiger partial charge on any atom is -0.434 e. The fourth-order valence-corrected chi connectivity index (χ4v) is 2.16. The standard InChI is InChI=1S/C11H18O5S/c1-17(13,14)9-5-8-15-11(12)16-10-6-3-2-4-7-10/h3,6,10H,2,4-5,7-9H2,1H3. The van der Waals surface area contributed by atoms with Crippen molar-refractivity contribution in [3.05, 3.63) is 12.2 Å². The van der Waals surface area contributed by atoms with Gasteiger partial charge in [-0.2, -0.15) is 0 Å². The molecule has 0 amide bonds. The molecule has 0 aromatic heterocycles. The Kier molecular flexibility index (Phi) is 5.47. The largest absolute Gasteiger partial charge is 0.508 e. The summed E-state index contributed by atoms with van der Waals surface area (Å²) in [5.74, 6) is 0.0175. The van der Waals surface area contributed by atoms with E-state index in [-0.39, 0.29) is 18.5 Å². The third-order valence-electron chi connectivity index (χ3n) is 2.34. The average molecular weight is 262 g/mol. The van der Waals surface area contributed by atoms with Crippen LogP contribution in [0, 0.1) is 0 Å². The highest BCUT2D eigenvalue weighted by Crippen LogP contribution is 2.14. The normalized spacial score (nSPS) is 19.9. The Bertz CT molecular complexity index is 371. The fourth-order valence-electron chi connectivity index (χ4n) is 1.51. The molecule has 0 radical (unpaired) electrons. The van der Waals surface area contributed by atoms with Crippen molar-refractivity contribution in [3.8, 4) is 0 Å². The van der Waals surface area contributed by atoms with Crippen LogP contribution < -0.4 is 0 Å². The zero-order chi connectivity index (χ0) is 12.7. The zero-order valence-electron chi connectivity index (χ0n) is 9.92. The van der Waals surface area contributed by atoms with Crippen molar-refractivity contribution in [2.45, 2.75) is 31.8 Å². The van der Waals surface area contributed by atoms with E-state index >= 15 is 0 Å². The first-order chi connectivity index (χ1) is 7.97. The molecule has 0 fully saturated rings. The summed E-state index contributed by atoms with van der Waals surface area (Å²) >= 11 is 0. The molecule has 0 aromatic rings. The van der Waals surface area contributed by atoms with Gasteiger partial charge in [-0.15, -0.1) is 0 Å². The van der Waals surface area contributed by atoms with Gasteiger partial charge in [0.15, 0.2) is 0 Å². The molecule has 6 heteroatoms. The lowest BCUT2D eigenvalue weighted by molar-refractivity contribution is 0.0336. The van der Waals surface area contributed by atoms with Crippen LogP contribution in [0.2, 0.25) is 0 Å².